The maximum atomic E-state index is 3.73. The molecule has 2 fully saturated rings. The maximum absolute atomic E-state index is 3.73. The van der Waals surface area contributed by atoms with Crippen molar-refractivity contribution in [3.8, 4) is 0 Å². The van der Waals surface area contributed by atoms with Crippen LogP contribution in [-0.4, -0.2) is 37.1 Å². The van der Waals surface area contributed by atoms with Crippen LogP contribution < -0.4 is 5.32 Å². The summed E-state index contributed by atoms with van der Waals surface area (Å²) in [6.07, 6.45) is 5.39. The fraction of sp³-hybridized carbons (Fsp3) is 0.625. The largest absolute Gasteiger partial charge is 0.311 e. The van der Waals surface area contributed by atoms with E-state index in [0.29, 0.717) is 0 Å². The standard InChI is InChI=1S/C16H24N2/c1-18(10-9-13-5-3-2-4-6-13)12-14-11-15-7-8-16(14)17-15/h2-6,14-17H,7-12H2,1H3. The highest BCUT2D eigenvalue weighted by Crippen LogP contribution is 2.33. The van der Waals surface area contributed by atoms with Crippen molar-refractivity contribution in [2.24, 2.45) is 5.92 Å². The van der Waals surface area contributed by atoms with E-state index in [1.54, 1.807) is 0 Å². The third-order valence-electron chi connectivity index (χ3n) is 4.60. The fourth-order valence-electron chi connectivity index (χ4n) is 3.60. The second-order valence-electron chi connectivity index (χ2n) is 6.04. The van der Waals surface area contributed by atoms with Crippen molar-refractivity contribution in [1.82, 2.24) is 10.2 Å². The molecule has 0 amide bonds. The molecule has 2 bridgehead atoms. The molecule has 0 aromatic heterocycles. The monoisotopic (exact) mass is 244 g/mol. The van der Waals surface area contributed by atoms with E-state index < -0.39 is 0 Å². The Morgan fingerprint density at radius 3 is 2.72 bits per heavy atom. The smallest absolute Gasteiger partial charge is 0.0111 e. The van der Waals surface area contributed by atoms with Gasteiger partial charge in [0.05, 0.1) is 0 Å². The molecule has 1 aromatic carbocycles. The molecule has 0 saturated carbocycles. The topological polar surface area (TPSA) is 15.3 Å². The second-order valence-corrected chi connectivity index (χ2v) is 6.04. The minimum absolute atomic E-state index is 0.814. The van der Waals surface area contributed by atoms with Crippen molar-refractivity contribution >= 4 is 0 Å². The van der Waals surface area contributed by atoms with Crippen LogP contribution in [0.4, 0.5) is 0 Å². The van der Waals surface area contributed by atoms with Gasteiger partial charge in [0.2, 0.25) is 0 Å². The average Bonchev–Trinajstić information content (AvgIpc) is 3.00. The van der Waals surface area contributed by atoms with E-state index in [4.69, 9.17) is 0 Å². The molecule has 2 heterocycles. The zero-order valence-corrected chi connectivity index (χ0v) is 11.3. The van der Waals surface area contributed by atoms with Crippen LogP contribution >= 0.6 is 0 Å². The second kappa shape index (κ2) is 5.41. The average molecular weight is 244 g/mol. The van der Waals surface area contributed by atoms with Crippen LogP contribution in [0.15, 0.2) is 30.3 Å². The van der Waals surface area contributed by atoms with Gasteiger partial charge in [-0.3, -0.25) is 0 Å². The summed E-state index contributed by atoms with van der Waals surface area (Å²) in [4.78, 5) is 2.51. The number of hydrogen-bond acceptors (Lipinski definition) is 2. The lowest BCUT2D eigenvalue weighted by molar-refractivity contribution is 0.251. The molecule has 98 valence electrons. The maximum Gasteiger partial charge on any atom is 0.0111 e. The van der Waals surface area contributed by atoms with Crippen LogP contribution in [0.25, 0.3) is 0 Å². The summed E-state index contributed by atoms with van der Waals surface area (Å²) >= 11 is 0. The molecule has 2 nitrogen and oxygen atoms in total. The van der Waals surface area contributed by atoms with E-state index in [-0.39, 0.29) is 0 Å². The molecular formula is C16H24N2. The lowest BCUT2D eigenvalue weighted by Crippen LogP contribution is -2.34. The molecule has 0 radical (unpaired) electrons. The zero-order valence-electron chi connectivity index (χ0n) is 11.3. The molecule has 2 heteroatoms. The highest BCUT2D eigenvalue weighted by Gasteiger charge is 2.38. The Labute approximate surface area is 110 Å². The Hall–Kier alpha value is -0.860. The summed E-state index contributed by atoms with van der Waals surface area (Å²) < 4.78 is 0. The predicted octanol–water partition coefficient (Wildman–Crippen LogP) is 2.30. The minimum Gasteiger partial charge on any atom is -0.311 e. The van der Waals surface area contributed by atoms with Crippen molar-refractivity contribution in [2.75, 3.05) is 20.1 Å². The molecule has 1 aromatic rings. The first-order valence-corrected chi connectivity index (χ1v) is 7.30. The molecule has 2 aliphatic rings. The first-order chi connectivity index (χ1) is 8.81. The first kappa shape index (κ1) is 12.2. The number of nitrogens with one attached hydrogen (secondary N) is 1. The van der Waals surface area contributed by atoms with Crippen molar-refractivity contribution in [3.05, 3.63) is 35.9 Å². The van der Waals surface area contributed by atoms with Gasteiger partial charge in [-0.05, 0) is 44.2 Å². The molecule has 3 unspecified atom stereocenters. The van der Waals surface area contributed by atoms with Crippen molar-refractivity contribution in [3.63, 3.8) is 0 Å². The quantitative estimate of drug-likeness (QED) is 0.855. The molecule has 0 spiro atoms. The van der Waals surface area contributed by atoms with Gasteiger partial charge < -0.3 is 10.2 Å². The third kappa shape index (κ3) is 2.76. The number of nitrogens with zero attached hydrogens (tertiary/aromatic N) is 1. The SMILES string of the molecule is CN(CCc1ccccc1)CC1CC2CCC1N2. The minimum atomic E-state index is 0.814. The summed E-state index contributed by atoms with van der Waals surface area (Å²) in [6, 6.07) is 12.5. The Morgan fingerprint density at radius 1 is 1.22 bits per heavy atom. The van der Waals surface area contributed by atoms with E-state index >= 15 is 0 Å². The highest BCUT2D eigenvalue weighted by molar-refractivity contribution is 5.14. The van der Waals surface area contributed by atoms with Gasteiger partial charge in [-0.25, -0.2) is 0 Å². The predicted molar refractivity (Wildman–Crippen MR) is 75.7 cm³/mol. The molecule has 3 atom stereocenters. The van der Waals surface area contributed by atoms with E-state index in [9.17, 15) is 0 Å². The molecular weight excluding hydrogens is 220 g/mol. The summed E-state index contributed by atoms with van der Waals surface area (Å²) in [5.74, 6) is 0.893. The van der Waals surface area contributed by atoms with Crippen molar-refractivity contribution in [2.45, 2.75) is 37.8 Å². The Kier molecular flexibility index (Phi) is 3.67. The van der Waals surface area contributed by atoms with Gasteiger partial charge in [-0.2, -0.15) is 0 Å². The Balaban J connectivity index is 1.43. The summed E-state index contributed by atoms with van der Waals surface area (Å²) in [5.41, 5.74) is 1.45. The van der Waals surface area contributed by atoms with Gasteiger partial charge in [0.15, 0.2) is 0 Å². The molecule has 3 rings (SSSR count). The third-order valence-corrected chi connectivity index (χ3v) is 4.60. The van der Waals surface area contributed by atoms with Gasteiger partial charge in [0, 0.05) is 25.2 Å². The molecule has 0 aliphatic carbocycles. The molecule has 18 heavy (non-hydrogen) atoms. The van der Waals surface area contributed by atoms with Crippen LogP contribution in [0, 0.1) is 5.92 Å². The van der Waals surface area contributed by atoms with Crippen molar-refractivity contribution < 1.29 is 0 Å². The van der Waals surface area contributed by atoms with Crippen LogP contribution in [0.1, 0.15) is 24.8 Å². The van der Waals surface area contributed by atoms with E-state index in [0.717, 1.165) is 18.0 Å². The van der Waals surface area contributed by atoms with E-state index in [1.807, 2.05) is 0 Å². The van der Waals surface area contributed by atoms with E-state index in [2.05, 4.69) is 47.6 Å². The zero-order chi connectivity index (χ0) is 12.4. The summed E-state index contributed by atoms with van der Waals surface area (Å²) in [6.45, 7) is 2.44. The lowest BCUT2D eigenvalue weighted by atomic mass is 9.89. The van der Waals surface area contributed by atoms with Gasteiger partial charge >= 0.3 is 0 Å². The van der Waals surface area contributed by atoms with Crippen LogP contribution in [0.2, 0.25) is 0 Å². The van der Waals surface area contributed by atoms with Gasteiger partial charge in [-0.15, -0.1) is 0 Å². The van der Waals surface area contributed by atoms with Gasteiger partial charge in [-0.1, -0.05) is 30.3 Å². The summed E-state index contributed by atoms with van der Waals surface area (Å²) in [5, 5.41) is 3.73. The normalized spacial score (nSPS) is 30.2. The Morgan fingerprint density at radius 2 is 2.06 bits per heavy atom. The first-order valence-electron chi connectivity index (χ1n) is 7.30. The van der Waals surface area contributed by atoms with E-state index in [1.165, 1.54) is 44.3 Å². The van der Waals surface area contributed by atoms with Crippen molar-refractivity contribution in [1.29, 1.82) is 0 Å². The number of fused-ring (bicyclic) bond motifs is 2. The highest BCUT2D eigenvalue weighted by atomic mass is 15.1. The molecule has 1 N–H and O–H groups in total. The fourth-order valence-corrected chi connectivity index (χ4v) is 3.60. The number of benzene rings is 1. The Bertz CT molecular complexity index is 376. The molecule has 2 saturated heterocycles. The van der Waals surface area contributed by atoms with Gasteiger partial charge in [0.1, 0.15) is 0 Å². The van der Waals surface area contributed by atoms with Crippen LogP contribution in [0.3, 0.4) is 0 Å². The van der Waals surface area contributed by atoms with Crippen LogP contribution in [-0.2, 0) is 6.42 Å². The van der Waals surface area contributed by atoms with Gasteiger partial charge in [0.25, 0.3) is 0 Å². The number of likely N-dealkylation sites (N-methyl/N-ethyl adjacent to an activating group) is 1. The number of hydrogen-bond donors (Lipinski definition) is 1. The lowest BCUT2D eigenvalue weighted by Gasteiger charge is -2.26. The number of rotatable bonds is 5. The summed E-state index contributed by atoms with van der Waals surface area (Å²) in [7, 11) is 2.27. The molecule has 2 aliphatic heterocycles. The van der Waals surface area contributed by atoms with Crippen LogP contribution in [0.5, 0.6) is 0 Å².